The van der Waals surface area contributed by atoms with Crippen LogP contribution in [0.3, 0.4) is 0 Å². The van der Waals surface area contributed by atoms with Crippen LogP contribution in [0.2, 0.25) is 0 Å². The Morgan fingerprint density at radius 2 is 1.34 bits per heavy atom. The van der Waals surface area contributed by atoms with E-state index in [-0.39, 0.29) is 24.8 Å². The van der Waals surface area contributed by atoms with Crippen molar-refractivity contribution in [2.45, 2.75) is 83.3 Å². The van der Waals surface area contributed by atoms with Crippen molar-refractivity contribution in [2.24, 2.45) is 0 Å². The molecule has 6 nitrogen and oxygen atoms in total. The molecule has 0 saturated carbocycles. The molecule has 0 unspecified atom stereocenters. The number of hydrogen-bond donors (Lipinski definition) is 0. The van der Waals surface area contributed by atoms with Crippen molar-refractivity contribution < 1.29 is 23.7 Å². The van der Waals surface area contributed by atoms with E-state index in [9.17, 15) is 4.79 Å². The predicted molar refractivity (Wildman–Crippen MR) is 161 cm³/mol. The number of likely N-dealkylation sites (tertiary alicyclic amines) is 1. The maximum Gasteiger partial charge on any atom is 0.410 e. The Bertz CT molecular complexity index is 1200. The normalized spacial score (nSPS) is 20.9. The molecule has 3 aromatic carbocycles. The molecule has 41 heavy (non-hydrogen) atoms. The summed E-state index contributed by atoms with van der Waals surface area (Å²) in [6, 6.07) is 29.6. The molecule has 3 aromatic rings. The fourth-order valence-corrected chi connectivity index (χ4v) is 5.17. The van der Waals surface area contributed by atoms with Gasteiger partial charge in [-0.25, -0.2) is 4.79 Å². The van der Waals surface area contributed by atoms with Crippen LogP contribution in [0, 0.1) is 0 Å². The number of ether oxygens (including phenoxy) is 4. The Hall–Kier alpha value is -3.45. The van der Waals surface area contributed by atoms with E-state index in [1.54, 1.807) is 0 Å². The summed E-state index contributed by atoms with van der Waals surface area (Å²) in [6.07, 6.45) is 1.95. The molecule has 1 aliphatic rings. The van der Waals surface area contributed by atoms with Crippen molar-refractivity contribution in [1.82, 2.24) is 4.90 Å². The molecular weight excluding hydrogens is 514 g/mol. The lowest BCUT2D eigenvalue weighted by Gasteiger charge is -2.49. The van der Waals surface area contributed by atoms with Crippen LogP contribution in [0.4, 0.5) is 4.79 Å². The van der Waals surface area contributed by atoms with E-state index in [1.807, 2.05) is 111 Å². The minimum atomic E-state index is -0.647. The third-order valence-electron chi connectivity index (χ3n) is 7.04. The van der Waals surface area contributed by atoms with Crippen LogP contribution >= 0.6 is 0 Å². The lowest BCUT2D eigenvalue weighted by molar-refractivity contribution is -0.167. The SMILES string of the molecule is C=CC[C@@H]1C[C@H](OCc2ccccc2)[C@@H](OCc2ccccc2)[C@@H](COCc2ccccc2)N1C(=O)OC(C)(C)C. The summed E-state index contributed by atoms with van der Waals surface area (Å²) in [4.78, 5) is 15.6. The first-order valence-electron chi connectivity index (χ1n) is 14.4. The average Bonchev–Trinajstić information content (AvgIpc) is 2.96. The van der Waals surface area contributed by atoms with Crippen LogP contribution in [0.25, 0.3) is 0 Å². The lowest BCUT2D eigenvalue weighted by Crippen LogP contribution is -2.64. The van der Waals surface area contributed by atoms with E-state index in [4.69, 9.17) is 18.9 Å². The fourth-order valence-electron chi connectivity index (χ4n) is 5.17. The molecular formula is C35H43NO5. The molecule has 1 amide bonds. The quantitative estimate of drug-likeness (QED) is 0.218. The molecule has 1 saturated heterocycles. The molecule has 1 aliphatic heterocycles. The highest BCUT2D eigenvalue weighted by atomic mass is 16.6. The monoisotopic (exact) mass is 557 g/mol. The molecule has 6 heteroatoms. The molecule has 0 aliphatic carbocycles. The van der Waals surface area contributed by atoms with Crippen LogP contribution < -0.4 is 0 Å². The van der Waals surface area contributed by atoms with Gasteiger partial charge in [0.25, 0.3) is 0 Å². The zero-order valence-electron chi connectivity index (χ0n) is 24.5. The van der Waals surface area contributed by atoms with Crippen molar-refractivity contribution in [2.75, 3.05) is 6.61 Å². The Morgan fingerprint density at radius 3 is 1.85 bits per heavy atom. The van der Waals surface area contributed by atoms with Gasteiger partial charge in [0.15, 0.2) is 0 Å². The molecule has 0 spiro atoms. The zero-order chi connectivity index (χ0) is 29.1. The maximum absolute atomic E-state index is 13.8. The highest BCUT2D eigenvalue weighted by Gasteiger charge is 2.47. The second kappa shape index (κ2) is 15.0. The molecule has 0 aromatic heterocycles. The minimum absolute atomic E-state index is 0.176. The summed E-state index contributed by atoms with van der Waals surface area (Å²) in [5, 5.41) is 0. The smallest absolute Gasteiger partial charge is 0.410 e. The molecule has 0 radical (unpaired) electrons. The van der Waals surface area contributed by atoms with Crippen molar-refractivity contribution in [1.29, 1.82) is 0 Å². The van der Waals surface area contributed by atoms with Gasteiger partial charge in [-0.3, -0.25) is 4.90 Å². The van der Waals surface area contributed by atoms with Crippen LogP contribution in [0.5, 0.6) is 0 Å². The van der Waals surface area contributed by atoms with Crippen LogP contribution in [-0.4, -0.2) is 47.5 Å². The Kier molecular flexibility index (Phi) is 11.1. The number of piperidine rings is 1. The van der Waals surface area contributed by atoms with E-state index in [2.05, 4.69) is 18.7 Å². The third-order valence-corrected chi connectivity index (χ3v) is 7.04. The van der Waals surface area contributed by atoms with Gasteiger partial charge in [-0.1, -0.05) is 97.1 Å². The Labute approximate surface area is 244 Å². The summed E-state index contributed by atoms with van der Waals surface area (Å²) in [6.45, 7) is 11.2. The molecule has 1 heterocycles. The summed E-state index contributed by atoms with van der Waals surface area (Å²) in [5.41, 5.74) is 2.55. The molecule has 0 bridgehead atoms. The van der Waals surface area contributed by atoms with Gasteiger partial charge >= 0.3 is 6.09 Å². The number of benzene rings is 3. The van der Waals surface area contributed by atoms with Crippen molar-refractivity contribution in [3.05, 3.63) is 120 Å². The van der Waals surface area contributed by atoms with E-state index >= 15 is 0 Å². The van der Waals surface area contributed by atoms with E-state index in [0.717, 1.165) is 16.7 Å². The number of carbonyl (C=O) groups is 1. The highest BCUT2D eigenvalue weighted by Crippen LogP contribution is 2.33. The minimum Gasteiger partial charge on any atom is -0.444 e. The maximum atomic E-state index is 13.8. The number of nitrogens with zero attached hydrogens (tertiary/aromatic N) is 1. The largest absolute Gasteiger partial charge is 0.444 e. The van der Waals surface area contributed by atoms with Crippen molar-refractivity contribution in [3.8, 4) is 0 Å². The van der Waals surface area contributed by atoms with Crippen LogP contribution in [0.1, 0.15) is 50.3 Å². The zero-order valence-corrected chi connectivity index (χ0v) is 24.5. The van der Waals surface area contributed by atoms with Gasteiger partial charge in [-0.05, 0) is 50.3 Å². The van der Waals surface area contributed by atoms with Gasteiger partial charge in [0.2, 0.25) is 0 Å². The van der Waals surface area contributed by atoms with E-state index in [1.165, 1.54) is 0 Å². The van der Waals surface area contributed by atoms with Gasteiger partial charge in [0, 0.05) is 6.04 Å². The van der Waals surface area contributed by atoms with Gasteiger partial charge in [-0.15, -0.1) is 6.58 Å². The summed E-state index contributed by atoms with van der Waals surface area (Å²) >= 11 is 0. The average molecular weight is 558 g/mol. The van der Waals surface area contributed by atoms with Crippen LogP contribution in [-0.2, 0) is 38.8 Å². The highest BCUT2D eigenvalue weighted by molar-refractivity contribution is 5.69. The van der Waals surface area contributed by atoms with E-state index < -0.39 is 17.7 Å². The topological polar surface area (TPSA) is 57.2 Å². The Morgan fingerprint density at radius 1 is 0.829 bits per heavy atom. The summed E-state index contributed by atoms with van der Waals surface area (Å²) in [5.74, 6) is 0. The summed E-state index contributed by atoms with van der Waals surface area (Å²) < 4.78 is 25.4. The third kappa shape index (κ3) is 9.28. The molecule has 4 rings (SSSR count). The van der Waals surface area contributed by atoms with Gasteiger partial charge < -0.3 is 18.9 Å². The summed E-state index contributed by atoms with van der Waals surface area (Å²) in [7, 11) is 0. The van der Waals surface area contributed by atoms with E-state index in [0.29, 0.717) is 32.7 Å². The van der Waals surface area contributed by atoms with Crippen LogP contribution in [0.15, 0.2) is 104 Å². The van der Waals surface area contributed by atoms with Gasteiger partial charge in [0.05, 0.1) is 38.6 Å². The fraction of sp³-hybridized carbons (Fsp3) is 0.400. The number of rotatable bonds is 12. The van der Waals surface area contributed by atoms with Gasteiger partial charge in [-0.2, -0.15) is 0 Å². The molecule has 1 fully saturated rings. The number of carbonyl (C=O) groups excluding carboxylic acids is 1. The second-order valence-electron chi connectivity index (χ2n) is 11.5. The predicted octanol–water partition coefficient (Wildman–Crippen LogP) is 7.33. The first-order valence-corrected chi connectivity index (χ1v) is 14.4. The standard InChI is InChI=1S/C35H43NO5/c1-5-15-30-22-32(39-24-28-18-11-7-12-19-28)33(40-25-29-20-13-8-14-21-29)31(36(30)34(37)41-35(2,3)4)26-38-23-27-16-9-6-10-17-27/h5-14,16-21,30-33H,1,15,22-26H2,2-4H3/t30-,31-,32+,33+/m1/s1. The molecule has 4 atom stereocenters. The first kappa shape index (κ1) is 30.5. The number of amides is 1. The Balaban J connectivity index is 1.64. The number of hydrogen-bond acceptors (Lipinski definition) is 5. The van der Waals surface area contributed by atoms with Gasteiger partial charge in [0.1, 0.15) is 11.7 Å². The van der Waals surface area contributed by atoms with Crippen molar-refractivity contribution >= 4 is 6.09 Å². The lowest BCUT2D eigenvalue weighted by atomic mass is 9.88. The molecule has 0 N–H and O–H groups in total. The van der Waals surface area contributed by atoms with Crippen molar-refractivity contribution in [3.63, 3.8) is 0 Å². The molecule has 218 valence electrons. The second-order valence-corrected chi connectivity index (χ2v) is 11.5. The first-order chi connectivity index (χ1) is 19.8.